The van der Waals surface area contributed by atoms with Crippen molar-refractivity contribution in [3.63, 3.8) is 0 Å². The number of anilines is 1. The first-order chi connectivity index (χ1) is 11.7. The van der Waals surface area contributed by atoms with Crippen LogP contribution in [0.2, 0.25) is 5.02 Å². The fourth-order valence-electron chi connectivity index (χ4n) is 3.56. The van der Waals surface area contributed by atoms with Crippen LogP contribution in [0.25, 0.3) is 16.9 Å². The van der Waals surface area contributed by atoms with Crippen molar-refractivity contribution >= 4 is 23.1 Å². The van der Waals surface area contributed by atoms with E-state index in [-0.39, 0.29) is 0 Å². The number of halogens is 1. The lowest BCUT2D eigenvalue weighted by molar-refractivity contribution is 0.462. The zero-order chi connectivity index (χ0) is 16.5. The number of fused-ring (bicyclic) bond motifs is 1. The molecule has 0 amide bonds. The first-order valence-corrected chi connectivity index (χ1v) is 9.10. The number of imidazole rings is 1. The van der Waals surface area contributed by atoms with Crippen molar-refractivity contribution in [2.75, 3.05) is 5.32 Å². The highest BCUT2D eigenvalue weighted by Gasteiger charge is 2.19. The van der Waals surface area contributed by atoms with Crippen LogP contribution in [-0.4, -0.2) is 15.4 Å². The molecule has 0 spiro atoms. The van der Waals surface area contributed by atoms with Gasteiger partial charge in [-0.05, 0) is 49.6 Å². The second-order valence-corrected chi connectivity index (χ2v) is 7.17. The Balaban J connectivity index is 1.83. The molecule has 1 aromatic carbocycles. The molecule has 0 radical (unpaired) electrons. The zero-order valence-corrected chi connectivity index (χ0v) is 14.7. The van der Waals surface area contributed by atoms with Gasteiger partial charge in [0.1, 0.15) is 17.2 Å². The summed E-state index contributed by atoms with van der Waals surface area (Å²) < 4.78 is 2.16. The van der Waals surface area contributed by atoms with Crippen LogP contribution in [0.15, 0.2) is 42.6 Å². The van der Waals surface area contributed by atoms with E-state index in [2.05, 4.69) is 41.0 Å². The largest absolute Gasteiger partial charge is 0.367 e. The van der Waals surface area contributed by atoms with Gasteiger partial charge in [0.25, 0.3) is 0 Å². The predicted molar refractivity (Wildman–Crippen MR) is 101 cm³/mol. The van der Waals surface area contributed by atoms with Crippen LogP contribution in [0.5, 0.6) is 0 Å². The molecule has 3 nitrogen and oxygen atoms in total. The number of pyridine rings is 1. The van der Waals surface area contributed by atoms with E-state index in [0.29, 0.717) is 6.04 Å². The molecule has 0 atom stereocenters. The smallest absolute Gasteiger partial charge is 0.139 e. The van der Waals surface area contributed by atoms with Gasteiger partial charge < -0.3 is 5.32 Å². The number of hydrogen-bond acceptors (Lipinski definition) is 2. The molecule has 1 fully saturated rings. The second kappa shape index (κ2) is 6.48. The summed E-state index contributed by atoms with van der Waals surface area (Å²) in [4.78, 5) is 4.89. The minimum absolute atomic E-state index is 0.526. The van der Waals surface area contributed by atoms with Crippen LogP contribution in [0.3, 0.4) is 0 Å². The lowest BCUT2D eigenvalue weighted by Crippen LogP contribution is -2.23. The molecule has 0 unspecified atom stereocenters. The molecule has 4 heteroatoms. The van der Waals surface area contributed by atoms with Gasteiger partial charge in [0.2, 0.25) is 0 Å². The van der Waals surface area contributed by atoms with Crippen molar-refractivity contribution in [1.82, 2.24) is 9.38 Å². The standard InChI is InChI=1S/C20H22ClN3/c1-14-10-11-24-18(12-14)23-19(15-6-5-7-16(21)13-15)20(24)22-17-8-3-2-4-9-17/h5-7,10-13,17,22H,2-4,8-9H2,1H3. The lowest BCUT2D eigenvalue weighted by Gasteiger charge is -2.24. The Morgan fingerprint density at radius 1 is 1.12 bits per heavy atom. The van der Waals surface area contributed by atoms with Crippen LogP contribution < -0.4 is 5.32 Å². The van der Waals surface area contributed by atoms with E-state index in [1.165, 1.54) is 37.7 Å². The van der Waals surface area contributed by atoms with Crippen molar-refractivity contribution in [2.45, 2.75) is 45.1 Å². The van der Waals surface area contributed by atoms with Gasteiger partial charge in [-0.1, -0.05) is 43.0 Å². The molecule has 2 aromatic heterocycles. The molecule has 1 aliphatic carbocycles. The molecule has 1 N–H and O–H groups in total. The monoisotopic (exact) mass is 339 g/mol. The molecule has 0 saturated heterocycles. The van der Waals surface area contributed by atoms with Gasteiger partial charge in [0.15, 0.2) is 0 Å². The van der Waals surface area contributed by atoms with Crippen LogP contribution in [0, 0.1) is 6.92 Å². The van der Waals surface area contributed by atoms with Crippen LogP contribution in [-0.2, 0) is 0 Å². The average molecular weight is 340 g/mol. The summed E-state index contributed by atoms with van der Waals surface area (Å²) >= 11 is 6.21. The van der Waals surface area contributed by atoms with Crippen LogP contribution >= 0.6 is 11.6 Å². The maximum atomic E-state index is 6.21. The number of nitrogens with zero attached hydrogens (tertiary/aromatic N) is 2. The minimum atomic E-state index is 0.526. The van der Waals surface area contributed by atoms with E-state index < -0.39 is 0 Å². The van der Waals surface area contributed by atoms with E-state index in [1.807, 2.05) is 18.2 Å². The van der Waals surface area contributed by atoms with Gasteiger partial charge in [-0.3, -0.25) is 4.40 Å². The fraction of sp³-hybridized carbons (Fsp3) is 0.350. The first kappa shape index (κ1) is 15.5. The summed E-state index contributed by atoms with van der Waals surface area (Å²) in [6.45, 7) is 2.10. The number of aryl methyl sites for hydroxylation is 1. The fourth-order valence-corrected chi connectivity index (χ4v) is 3.75. The minimum Gasteiger partial charge on any atom is -0.367 e. The third kappa shape index (κ3) is 3.01. The Labute approximate surface area is 147 Å². The zero-order valence-electron chi connectivity index (χ0n) is 13.9. The van der Waals surface area contributed by atoms with Crippen LogP contribution in [0.1, 0.15) is 37.7 Å². The Kier molecular flexibility index (Phi) is 4.19. The Morgan fingerprint density at radius 2 is 1.96 bits per heavy atom. The highest BCUT2D eigenvalue weighted by Crippen LogP contribution is 2.32. The molecule has 0 bridgehead atoms. The molecule has 24 heavy (non-hydrogen) atoms. The van der Waals surface area contributed by atoms with Crippen molar-refractivity contribution in [3.8, 4) is 11.3 Å². The maximum Gasteiger partial charge on any atom is 0.139 e. The van der Waals surface area contributed by atoms with Gasteiger partial charge >= 0.3 is 0 Å². The van der Waals surface area contributed by atoms with E-state index in [9.17, 15) is 0 Å². The Hall–Kier alpha value is -2.00. The van der Waals surface area contributed by atoms with E-state index in [1.54, 1.807) is 0 Å². The van der Waals surface area contributed by atoms with E-state index in [4.69, 9.17) is 16.6 Å². The Morgan fingerprint density at radius 3 is 2.75 bits per heavy atom. The molecule has 1 aliphatic rings. The SMILES string of the molecule is Cc1ccn2c(NC3CCCCC3)c(-c3cccc(Cl)c3)nc2c1. The third-order valence-corrected chi connectivity index (χ3v) is 5.06. The van der Waals surface area contributed by atoms with Crippen molar-refractivity contribution in [3.05, 3.63) is 53.2 Å². The maximum absolute atomic E-state index is 6.21. The summed E-state index contributed by atoms with van der Waals surface area (Å²) in [7, 11) is 0. The highest BCUT2D eigenvalue weighted by molar-refractivity contribution is 6.30. The number of nitrogens with one attached hydrogen (secondary N) is 1. The summed E-state index contributed by atoms with van der Waals surface area (Å²) in [5.74, 6) is 1.08. The number of rotatable bonds is 3. The normalized spacial score (nSPS) is 15.8. The van der Waals surface area contributed by atoms with Gasteiger partial charge in [-0.15, -0.1) is 0 Å². The van der Waals surface area contributed by atoms with Gasteiger partial charge in [0, 0.05) is 22.8 Å². The first-order valence-electron chi connectivity index (χ1n) is 8.72. The summed E-state index contributed by atoms with van der Waals surface area (Å²) in [5.41, 5.74) is 4.23. The van der Waals surface area contributed by atoms with Crippen molar-refractivity contribution in [2.24, 2.45) is 0 Å². The molecule has 2 heterocycles. The van der Waals surface area contributed by atoms with E-state index >= 15 is 0 Å². The van der Waals surface area contributed by atoms with E-state index in [0.717, 1.165) is 27.7 Å². The second-order valence-electron chi connectivity index (χ2n) is 6.73. The number of aromatic nitrogens is 2. The topological polar surface area (TPSA) is 29.3 Å². The molecule has 124 valence electrons. The molecule has 1 saturated carbocycles. The molecule has 4 rings (SSSR count). The third-order valence-electron chi connectivity index (χ3n) is 4.83. The van der Waals surface area contributed by atoms with Crippen molar-refractivity contribution in [1.29, 1.82) is 0 Å². The number of benzene rings is 1. The van der Waals surface area contributed by atoms with Gasteiger partial charge in [-0.2, -0.15) is 0 Å². The highest BCUT2D eigenvalue weighted by atomic mass is 35.5. The predicted octanol–water partition coefficient (Wildman–Crippen LogP) is 5.71. The average Bonchev–Trinajstić information content (AvgIpc) is 2.93. The quantitative estimate of drug-likeness (QED) is 0.662. The van der Waals surface area contributed by atoms with Gasteiger partial charge in [-0.25, -0.2) is 4.98 Å². The summed E-state index contributed by atoms with van der Waals surface area (Å²) in [5, 5.41) is 4.51. The Bertz CT molecular complexity index is 862. The molecule has 0 aliphatic heterocycles. The summed E-state index contributed by atoms with van der Waals surface area (Å²) in [6.07, 6.45) is 8.53. The molecular formula is C20H22ClN3. The lowest BCUT2D eigenvalue weighted by atomic mass is 9.95. The summed E-state index contributed by atoms with van der Waals surface area (Å²) in [6, 6.07) is 12.7. The van der Waals surface area contributed by atoms with Gasteiger partial charge in [0.05, 0.1) is 0 Å². The van der Waals surface area contributed by atoms with Crippen LogP contribution in [0.4, 0.5) is 5.82 Å². The molecular weight excluding hydrogens is 318 g/mol. The number of hydrogen-bond donors (Lipinski definition) is 1. The molecule has 3 aromatic rings. The van der Waals surface area contributed by atoms with Crippen molar-refractivity contribution < 1.29 is 0 Å².